The highest BCUT2D eigenvalue weighted by Gasteiger charge is 2.76. The van der Waals surface area contributed by atoms with Crippen LogP contribution in [-0.4, -0.2) is 82.0 Å². The molecular weight excluding hydrogens is 510 g/mol. The molecule has 212 valence electrons. The Labute approximate surface area is 237 Å². The third-order valence-electron chi connectivity index (χ3n) is 8.83. The second-order valence-electron chi connectivity index (χ2n) is 11.4. The van der Waals surface area contributed by atoms with Crippen LogP contribution in [0.3, 0.4) is 0 Å². The Bertz CT molecular complexity index is 1140. The van der Waals surface area contributed by atoms with Crippen molar-refractivity contribution in [1.82, 2.24) is 9.80 Å². The summed E-state index contributed by atoms with van der Waals surface area (Å²) in [7, 11) is 1.76. The fourth-order valence-electron chi connectivity index (χ4n) is 7.02. The average molecular weight is 554 g/mol. The van der Waals surface area contributed by atoms with E-state index in [4.69, 9.17) is 0 Å². The van der Waals surface area contributed by atoms with E-state index in [9.17, 15) is 19.5 Å². The highest BCUT2D eigenvalue weighted by molar-refractivity contribution is 8.02. The van der Waals surface area contributed by atoms with Crippen LogP contribution in [0.2, 0.25) is 0 Å². The number of nitrogens with zero attached hydrogens (tertiary/aromatic N) is 3. The van der Waals surface area contributed by atoms with Crippen LogP contribution in [0.4, 0.5) is 5.69 Å². The second-order valence-corrected chi connectivity index (χ2v) is 13.0. The molecule has 3 amide bonds. The molecule has 39 heavy (non-hydrogen) atoms. The number of aryl methyl sites for hydroxylation is 2. The molecular formula is C31H43N3O4S. The van der Waals surface area contributed by atoms with Crippen molar-refractivity contribution in [2.75, 3.05) is 38.2 Å². The number of hydrogen-bond acceptors (Lipinski definition) is 5. The molecule has 8 heteroatoms. The lowest BCUT2D eigenvalue weighted by atomic mass is 9.65. The van der Waals surface area contributed by atoms with E-state index in [2.05, 4.69) is 20.1 Å². The Morgan fingerprint density at radius 1 is 1.15 bits per heavy atom. The van der Waals surface area contributed by atoms with Gasteiger partial charge >= 0.3 is 0 Å². The topological polar surface area (TPSA) is 81.2 Å². The molecule has 3 aliphatic heterocycles. The van der Waals surface area contributed by atoms with Crippen LogP contribution in [-0.2, 0) is 14.4 Å². The molecule has 1 aromatic rings. The molecule has 2 bridgehead atoms. The van der Waals surface area contributed by atoms with Gasteiger partial charge < -0.3 is 19.8 Å². The minimum absolute atomic E-state index is 0.00844. The zero-order valence-corrected chi connectivity index (χ0v) is 24.6. The number of aliphatic hydroxyl groups excluding tert-OH is 1. The molecule has 3 aliphatic rings. The third kappa shape index (κ3) is 4.95. The van der Waals surface area contributed by atoms with Gasteiger partial charge in [0.15, 0.2) is 0 Å². The summed E-state index contributed by atoms with van der Waals surface area (Å²) >= 11 is 1.71. The van der Waals surface area contributed by atoms with E-state index < -0.39 is 22.6 Å². The summed E-state index contributed by atoms with van der Waals surface area (Å²) in [5, 5.41) is 9.30. The molecule has 0 aromatic heterocycles. The summed E-state index contributed by atoms with van der Waals surface area (Å²) in [6.45, 7) is 15.1. The van der Waals surface area contributed by atoms with E-state index >= 15 is 0 Å². The zero-order chi connectivity index (χ0) is 28.5. The number of carbonyl (C=O) groups is 3. The maximum Gasteiger partial charge on any atom is 0.251 e. The lowest BCUT2D eigenvalue weighted by molar-refractivity contribution is -0.143. The summed E-state index contributed by atoms with van der Waals surface area (Å²) in [5.41, 5.74) is 2.87. The van der Waals surface area contributed by atoms with Gasteiger partial charge in [0.05, 0.1) is 16.6 Å². The van der Waals surface area contributed by atoms with Gasteiger partial charge in [0, 0.05) is 44.2 Å². The molecule has 0 radical (unpaired) electrons. The van der Waals surface area contributed by atoms with Crippen LogP contribution in [0.1, 0.15) is 43.7 Å². The number of likely N-dealkylation sites (tertiary alicyclic amines) is 1. The number of carbonyl (C=O) groups excluding carboxylic acids is 3. The number of thioether (sulfide) groups is 1. The molecule has 6 atom stereocenters. The molecule has 0 aliphatic carbocycles. The van der Waals surface area contributed by atoms with Crippen LogP contribution >= 0.6 is 11.8 Å². The van der Waals surface area contributed by atoms with Crippen LogP contribution in [0.15, 0.2) is 43.5 Å². The molecule has 3 unspecified atom stereocenters. The molecule has 3 heterocycles. The predicted molar refractivity (Wildman–Crippen MR) is 158 cm³/mol. The first kappa shape index (κ1) is 29.4. The van der Waals surface area contributed by atoms with Crippen LogP contribution in [0.5, 0.6) is 0 Å². The Morgan fingerprint density at radius 3 is 2.54 bits per heavy atom. The highest BCUT2D eigenvalue weighted by Crippen LogP contribution is 2.69. The van der Waals surface area contributed by atoms with E-state index in [1.165, 1.54) is 0 Å². The van der Waals surface area contributed by atoms with E-state index in [0.717, 1.165) is 29.7 Å². The van der Waals surface area contributed by atoms with Gasteiger partial charge in [-0.15, -0.1) is 24.9 Å². The summed E-state index contributed by atoms with van der Waals surface area (Å²) in [4.78, 5) is 48.0. The number of amides is 3. The number of anilines is 1. The van der Waals surface area contributed by atoms with E-state index in [1.54, 1.807) is 45.7 Å². The SMILES string of the molecule is C=CCN(C)C(=O)[C@@H]1[C@H]2C(=O)N(CCCCCO)C(C(=O)N(CC=C)c3cc(C)ccc3C)C23S[C@@H]1CC3C. The van der Waals surface area contributed by atoms with Gasteiger partial charge in [-0.05, 0) is 62.6 Å². The van der Waals surface area contributed by atoms with Crippen molar-refractivity contribution in [2.45, 2.75) is 62.5 Å². The molecule has 7 nitrogen and oxygen atoms in total. The first-order chi connectivity index (χ1) is 18.6. The smallest absolute Gasteiger partial charge is 0.251 e. The Morgan fingerprint density at radius 2 is 1.87 bits per heavy atom. The molecule has 4 rings (SSSR count). The van der Waals surface area contributed by atoms with Crippen LogP contribution in [0, 0.1) is 31.6 Å². The van der Waals surface area contributed by atoms with Gasteiger partial charge in [-0.25, -0.2) is 0 Å². The van der Waals surface area contributed by atoms with Gasteiger partial charge in [0.2, 0.25) is 11.8 Å². The molecule has 1 aromatic carbocycles. The second kappa shape index (κ2) is 11.9. The van der Waals surface area contributed by atoms with Crippen molar-refractivity contribution in [3.63, 3.8) is 0 Å². The standard InChI is InChI=1S/C31H43N3O4S/c1-7-14-32(6)28(36)25-24-19-22(5)31(39-24)26(25)29(37)34(16-10-9-11-17-35)27(31)30(38)33(15-8-2)23-18-20(3)12-13-21(23)4/h7-8,12-13,18,22,24-27,35H,1-2,9-11,14-17,19H2,3-6H3/t22?,24-,25+,26+,27?,31?/m1/s1. The Balaban J connectivity index is 1.80. The van der Waals surface area contributed by atoms with Gasteiger partial charge in [-0.3, -0.25) is 14.4 Å². The first-order valence-corrected chi connectivity index (χ1v) is 15.0. The van der Waals surface area contributed by atoms with E-state index in [0.29, 0.717) is 32.5 Å². The Kier molecular flexibility index (Phi) is 8.96. The van der Waals surface area contributed by atoms with Crippen LogP contribution in [0.25, 0.3) is 0 Å². The van der Waals surface area contributed by atoms with Crippen molar-refractivity contribution < 1.29 is 19.5 Å². The van der Waals surface area contributed by atoms with Crippen molar-refractivity contribution in [1.29, 1.82) is 0 Å². The third-order valence-corrected chi connectivity index (χ3v) is 10.9. The Hall–Kier alpha value is -2.58. The van der Waals surface area contributed by atoms with Crippen molar-refractivity contribution in [3.05, 3.63) is 54.6 Å². The quantitative estimate of drug-likeness (QED) is 0.313. The first-order valence-electron chi connectivity index (χ1n) is 14.1. The average Bonchev–Trinajstić information content (AvgIpc) is 3.49. The molecule has 1 spiro atoms. The number of hydrogen-bond donors (Lipinski definition) is 1. The molecule has 3 fully saturated rings. The number of rotatable bonds is 12. The van der Waals surface area contributed by atoms with Gasteiger partial charge in [0.25, 0.3) is 5.91 Å². The number of fused-ring (bicyclic) bond motifs is 1. The van der Waals surface area contributed by atoms with Gasteiger partial charge in [-0.1, -0.05) is 31.2 Å². The molecule has 3 saturated heterocycles. The normalized spacial score (nSPS) is 28.9. The van der Waals surface area contributed by atoms with Gasteiger partial charge in [-0.2, -0.15) is 0 Å². The van der Waals surface area contributed by atoms with Crippen molar-refractivity contribution in [3.8, 4) is 0 Å². The van der Waals surface area contributed by atoms with Gasteiger partial charge in [0.1, 0.15) is 6.04 Å². The minimum Gasteiger partial charge on any atom is -0.396 e. The number of aliphatic hydroxyl groups is 1. The number of likely N-dealkylation sites (N-methyl/N-ethyl adjacent to an activating group) is 1. The monoisotopic (exact) mass is 553 g/mol. The largest absolute Gasteiger partial charge is 0.396 e. The fraction of sp³-hybridized carbons (Fsp3) is 0.581. The number of unbranched alkanes of at least 4 members (excludes halogenated alkanes) is 2. The van der Waals surface area contributed by atoms with E-state index in [-0.39, 0.29) is 35.5 Å². The summed E-state index contributed by atoms with van der Waals surface area (Å²) in [5.74, 6) is -1.10. The number of benzene rings is 1. The lowest BCUT2D eigenvalue weighted by Crippen LogP contribution is -2.57. The summed E-state index contributed by atoms with van der Waals surface area (Å²) in [6, 6.07) is 5.40. The van der Waals surface area contributed by atoms with Crippen molar-refractivity contribution >= 4 is 35.2 Å². The van der Waals surface area contributed by atoms with Crippen molar-refractivity contribution in [2.24, 2.45) is 17.8 Å². The maximum absolute atomic E-state index is 14.8. The molecule has 1 N–H and O–H groups in total. The predicted octanol–water partition coefficient (Wildman–Crippen LogP) is 3.97. The fourth-order valence-corrected chi connectivity index (χ4v) is 9.43. The summed E-state index contributed by atoms with van der Waals surface area (Å²) < 4.78 is -0.664. The lowest BCUT2D eigenvalue weighted by Gasteiger charge is -2.41. The highest BCUT2D eigenvalue weighted by atomic mass is 32.2. The maximum atomic E-state index is 14.8. The molecule has 0 saturated carbocycles. The summed E-state index contributed by atoms with van der Waals surface area (Å²) in [6.07, 6.45) is 6.35. The zero-order valence-electron chi connectivity index (χ0n) is 23.8. The minimum atomic E-state index is -0.670. The van der Waals surface area contributed by atoms with E-state index in [1.807, 2.05) is 32.0 Å². The van der Waals surface area contributed by atoms with Crippen LogP contribution < -0.4 is 4.90 Å².